The summed E-state index contributed by atoms with van der Waals surface area (Å²) in [6.45, 7) is 21.7. The van der Waals surface area contributed by atoms with Crippen LogP contribution in [-0.4, -0.2) is 22.5 Å². The molecule has 0 bridgehead atoms. The van der Waals surface area contributed by atoms with Crippen LogP contribution in [-0.2, 0) is 0 Å². The van der Waals surface area contributed by atoms with E-state index in [-0.39, 0.29) is 0 Å². The van der Waals surface area contributed by atoms with Gasteiger partial charge in [0.25, 0.3) is 0 Å². The Kier molecular flexibility index (Phi) is 39.6. The molecule has 0 heterocycles. The predicted octanol–water partition coefficient (Wildman–Crippen LogP) is 6.98. The van der Waals surface area contributed by atoms with E-state index in [2.05, 4.69) is 75.5 Å². The third-order valence-electron chi connectivity index (χ3n) is 0.971. The molecule has 0 nitrogen and oxygen atoms in total. The summed E-state index contributed by atoms with van der Waals surface area (Å²) in [6.07, 6.45) is 3.37. The quantitative estimate of drug-likeness (QED) is 0.550. The SMILES string of the molecule is CC(C)C.CCC.CCSC(C)C.CSC(C)C. The minimum Gasteiger partial charge on any atom is -0.163 e. The van der Waals surface area contributed by atoms with Gasteiger partial charge in [0.2, 0.25) is 0 Å². The Morgan fingerprint density at radius 2 is 0.944 bits per heavy atom. The first-order chi connectivity index (χ1) is 8.19. The molecule has 0 saturated carbocycles. The molecule has 2 heteroatoms. The third kappa shape index (κ3) is 127. The van der Waals surface area contributed by atoms with E-state index in [4.69, 9.17) is 0 Å². The zero-order valence-electron chi connectivity index (χ0n) is 15.0. The molecule has 0 atom stereocenters. The first kappa shape index (κ1) is 27.1. The zero-order valence-corrected chi connectivity index (χ0v) is 16.6. The van der Waals surface area contributed by atoms with Gasteiger partial charge in [0, 0.05) is 0 Å². The van der Waals surface area contributed by atoms with Gasteiger partial charge in [-0.15, -0.1) is 0 Å². The van der Waals surface area contributed by atoms with Crippen LogP contribution in [0.1, 0.15) is 75.7 Å². The van der Waals surface area contributed by atoms with Crippen molar-refractivity contribution in [2.24, 2.45) is 5.92 Å². The minimum atomic E-state index is 0.801. The van der Waals surface area contributed by atoms with Gasteiger partial charge in [-0.3, -0.25) is 0 Å². The van der Waals surface area contributed by atoms with Crippen molar-refractivity contribution in [3.05, 3.63) is 0 Å². The van der Waals surface area contributed by atoms with Gasteiger partial charge in [0.1, 0.15) is 0 Å². The van der Waals surface area contributed by atoms with Crippen molar-refractivity contribution < 1.29 is 0 Å². The van der Waals surface area contributed by atoms with E-state index >= 15 is 0 Å². The lowest BCUT2D eigenvalue weighted by Gasteiger charge is -1.96. The Morgan fingerprint density at radius 3 is 0.944 bits per heavy atom. The van der Waals surface area contributed by atoms with Gasteiger partial charge < -0.3 is 0 Å². The molecule has 0 aliphatic carbocycles. The first-order valence-electron chi connectivity index (χ1n) is 7.33. The molecule has 0 rings (SSSR count). The highest BCUT2D eigenvalue weighted by Crippen LogP contribution is 2.06. The van der Waals surface area contributed by atoms with Crippen LogP contribution in [0.4, 0.5) is 0 Å². The summed E-state index contributed by atoms with van der Waals surface area (Å²) < 4.78 is 0. The summed E-state index contributed by atoms with van der Waals surface area (Å²) in [4.78, 5) is 0. The lowest BCUT2D eigenvalue weighted by Crippen LogP contribution is -1.84. The highest BCUT2D eigenvalue weighted by molar-refractivity contribution is 7.99. The van der Waals surface area contributed by atoms with Crippen LogP contribution in [0.5, 0.6) is 0 Å². The van der Waals surface area contributed by atoms with Crippen LogP contribution in [0.2, 0.25) is 0 Å². The van der Waals surface area contributed by atoms with Crippen molar-refractivity contribution >= 4 is 23.5 Å². The molecule has 0 saturated heterocycles. The molecular formula is C16H40S2. The van der Waals surface area contributed by atoms with Gasteiger partial charge in [-0.05, 0) is 28.4 Å². The van der Waals surface area contributed by atoms with Crippen LogP contribution in [0.3, 0.4) is 0 Å². The number of thioether (sulfide) groups is 2. The molecule has 18 heavy (non-hydrogen) atoms. The van der Waals surface area contributed by atoms with E-state index in [9.17, 15) is 0 Å². The molecule has 0 aliphatic rings. The summed E-state index contributed by atoms with van der Waals surface area (Å²) in [5.41, 5.74) is 0. The number of hydrogen-bond acceptors (Lipinski definition) is 2. The Labute approximate surface area is 127 Å². The minimum absolute atomic E-state index is 0.801. The van der Waals surface area contributed by atoms with Crippen LogP contribution >= 0.6 is 23.5 Å². The van der Waals surface area contributed by atoms with E-state index in [0.29, 0.717) is 0 Å². The second kappa shape index (κ2) is 26.3. The molecule has 0 spiro atoms. The molecule has 116 valence electrons. The van der Waals surface area contributed by atoms with Crippen molar-refractivity contribution in [2.45, 2.75) is 86.2 Å². The molecule has 0 fully saturated rings. The first-order valence-corrected chi connectivity index (χ1v) is 9.67. The van der Waals surface area contributed by atoms with E-state index < -0.39 is 0 Å². The van der Waals surface area contributed by atoms with Crippen LogP contribution in [0, 0.1) is 5.92 Å². The molecule has 0 radical (unpaired) electrons. The molecule has 0 amide bonds. The molecule has 0 aromatic heterocycles. The Morgan fingerprint density at radius 1 is 0.722 bits per heavy atom. The summed E-state index contributed by atoms with van der Waals surface area (Å²) in [5.74, 6) is 2.08. The van der Waals surface area contributed by atoms with Gasteiger partial charge in [-0.25, -0.2) is 0 Å². The van der Waals surface area contributed by atoms with Gasteiger partial charge in [0.15, 0.2) is 0 Å². The van der Waals surface area contributed by atoms with Crippen molar-refractivity contribution in [1.29, 1.82) is 0 Å². The third-order valence-corrected chi connectivity index (χ3v) is 2.91. The maximum Gasteiger partial charge on any atom is -0.000979 e. The fourth-order valence-corrected chi connectivity index (χ4v) is 1.00. The predicted molar refractivity (Wildman–Crippen MR) is 98.4 cm³/mol. The highest BCUT2D eigenvalue weighted by atomic mass is 32.2. The normalized spacial score (nSPS) is 9.00. The standard InChI is InChI=1S/C5H12S.C4H10S.C4H10.C3H8/c1-4-6-5(2)3;1-4(2)5-3;1-4(2)3;1-3-2/h5H,4H2,1-3H3;4H,1-3H3;4H,1-3H3;3H2,1-2H3. The Balaban J connectivity index is -0.0000000750. The summed E-state index contributed by atoms with van der Waals surface area (Å²) in [5, 5.41) is 1.62. The summed E-state index contributed by atoms with van der Waals surface area (Å²) >= 11 is 3.87. The Bertz CT molecular complexity index is 96.5. The van der Waals surface area contributed by atoms with E-state index in [1.807, 2.05) is 23.5 Å². The lowest BCUT2D eigenvalue weighted by atomic mass is 10.3. The van der Waals surface area contributed by atoms with Gasteiger partial charge in [0.05, 0.1) is 0 Å². The second-order valence-corrected chi connectivity index (χ2v) is 8.50. The van der Waals surface area contributed by atoms with Crippen LogP contribution < -0.4 is 0 Å². The average molecular weight is 297 g/mol. The maximum absolute atomic E-state index is 2.22. The number of rotatable bonds is 3. The van der Waals surface area contributed by atoms with Crippen LogP contribution in [0.15, 0.2) is 0 Å². The smallest absolute Gasteiger partial charge is 0.000979 e. The molecule has 0 N–H and O–H groups in total. The highest BCUT2D eigenvalue weighted by Gasteiger charge is 1.85. The fourth-order valence-electron chi connectivity index (χ4n) is 0.333. The zero-order chi connectivity index (χ0) is 15.6. The largest absolute Gasteiger partial charge is 0.163 e. The van der Waals surface area contributed by atoms with Crippen molar-refractivity contribution in [3.8, 4) is 0 Å². The van der Waals surface area contributed by atoms with E-state index in [1.54, 1.807) is 0 Å². The molecule has 0 aromatic rings. The topological polar surface area (TPSA) is 0 Å². The lowest BCUT2D eigenvalue weighted by molar-refractivity contribution is 0.737. The second-order valence-electron chi connectivity index (χ2n) is 5.23. The van der Waals surface area contributed by atoms with Gasteiger partial charge in [-0.1, -0.05) is 75.7 Å². The molecular weight excluding hydrogens is 256 g/mol. The summed E-state index contributed by atoms with van der Waals surface area (Å²) in [6, 6.07) is 0. The molecule has 0 aliphatic heterocycles. The monoisotopic (exact) mass is 296 g/mol. The van der Waals surface area contributed by atoms with Crippen molar-refractivity contribution in [1.82, 2.24) is 0 Å². The van der Waals surface area contributed by atoms with Crippen LogP contribution in [0.25, 0.3) is 0 Å². The summed E-state index contributed by atoms with van der Waals surface area (Å²) in [7, 11) is 0. The van der Waals surface area contributed by atoms with Crippen molar-refractivity contribution in [2.75, 3.05) is 12.0 Å². The molecule has 0 unspecified atom stereocenters. The Hall–Kier alpha value is 0.700. The van der Waals surface area contributed by atoms with Gasteiger partial charge >= 0.3 is 0 Å². The fraction of sp³-hybridized carbons (Fsp3) is 1.00. The van der Waals surface area contributed by atoms with Crippen molar-refractivity contribution in [3.63, 3.8) is 0 Å². The average Bonchev–Trinajstić information content (AvgIpc) is 2.18. The van der Waals surface area contributed by atoms with Gasteiger partial charge in [-0.2, -0.15) is 23.5 Å². The molecule has 0 aromatic carbocycles. The number of hydrogen-bond donors (Lipinski definition) is 0. The maximum atomic E-state index is 2.22. The van der Waals surface area contributed by atoms with E-state index in [1.165, 1.54) is 12.2 Å². The van der Waals surface area contributed by atoms with E-state index in [0.717, 1.165) is 16.4 Å².